The van der Waals surface area contributed by atoms with Gasteiger partial charge in [-0.05, 0) is 64.6 Å². The summed E-state index contributed by atoms with van der Waals surface area (Å²) in [5.41, 5.74) is 8.96. The van der Waals surface area contributed by atoms with Crippen molar-refractivity contribution in [2.24, 2.45) is 0 Å². The van der Waals surface area contributed by atoms with Crippen molar-refractivity contribution in [3.63, 3.8) is 0 Å². The molecule has 3 heteroatoms. The first-order chi connectivity index (χ1) is 18.4. The maximum atomic E-state index is 7.41. The minimum atomic E-state index is -0.113. The van der Waals surface area contributed by atoms with E-state index in [0.29, 0.717) is 5.69 Å². The van der Waals surface area contributed by atoms with Crippen molar-refractivity contribution in [3.05, 3.63) is 132 Å². The van der Waals surface area contributed by atoms with Gasteiger partial charge in [-0.2, -0.15) is 0 Å². The van der Waals surface area contributed by atoms with Gasteiger partial charge in [0.25, 0.3) is 0 Å². The van der Waals surface area contributed by atoms with Crippen LogP contribution in [0.1, 0.15) is 26.3 Å². The van der Waals surface area contributed by atoms with E-state index < -0.39 is 0 Å². The minimum absolute atomic E-state index is 0.113. The lowest BCUT2D eigenvalue weighted by Gasteiger charge is -2.32. The zero-order chi connectivity index (χ0) is 26.3. The second-order valence-corrected chi connectivity index (χ2v) is 10.6. The molecule has 0 radical (unpaired) electrons. The monoisotopic (exact) mass is 492 g/mol. The molecule has 0 unspecified atom stereocenters. The Labute approximate surface area is 223 Å². The fourth-order valence-electron chi connectivity index (χ4n) is 5.10. The highest BCUT2D eigenvalue weighted by atomic mass is 16.3. The van der Waals surface area contributed by atoms with Crippen molar-refractivity contribution in [2.45, 2.75) is 26.2 Å². The zero-order valence-corrected chi connectivity index (χ0v) is 21.8. The molecule has 0 aliphatic heterocycles. The predicted octanol–water partition coefficient (Wildman–Crippen LogP) is 10.6. The van der Waals surface area contributed by atoms with E-state index in [1.807, 2.05) is 48.5 Å². The standard InChI is InChI=1S/C35H28N2O/c1-35(2,3)31-22-25(24-10-6-5-7-11-24)14-21-32(31)37(27-17-15-26(36-4)16-18-27)28-19-20-30-29-12-8-9-13-33(29)38-34(30)23-28/h5-23H,1-3H3. The number of furan rings is 1. The van der Waals surface area contributed by atoms with Crippen LogP contribution < -0.4 is 4.90 Å². The fraction of sp³-hybridized carbons (Fsp3) is 0.114. The Bertz CT molecular complexity index is 1800. The van der Waals surface area contributed by atoms with E-state index in [2.05, 4.69) is 97.2 Å². The van der Waals surface area contributed by atoms with Crippen LogP contribution in [0.5, 0.6) is 0 Å². The van der Waals surface area contributed by atoms with Gasteiger partial charge in [0, 0.05) is 33.9 Å². The van der Waals surface area contributed by atoms with Gasteiger partial charge in [0.2, 0.25) is 0 Å². The molecule has 184 valence electrons. The summed E-state index contributed by atoms with van der Waals surface area (Å²) in [7, 11) is 0. The van der Waals surface area contributed by atoms with E-state index in [0.717, 1.165) is 39.0 Å². The highest BCUT2D eigenvalue weighted by Crippen LogP contribution is 2.44. The van der Waals surface area contributed by atoms with Gasteiger partial charge in [0.05, 0.1) is 6.57 Å². The molecule has 0 aliphatic carbocycles. The van der Waals surface area contributed by atoms with Crippen LogP contribution in [0.15, 0.2) is 120 Å². The quantitative estimate of drug-likeness (QED) is 0.228. The molecule has 0 amide bonds. The first-order valence-electron chi connectivity index (χ1n) is 12.8. The molecule has 1 heterocycles. The smallest absolute Gasteiger partial charge is 0.187 e. The van der Waals surface area contributed by atoms with E-state index in [9.17, 15) is 0 Å². The van der Waals surface area contributed by atoms with E-state index in [1.54, 1.807) is 0 Å². The number of para-hydroxylation sites is 1. The van der Waals surface area contributed by atoms with Gasteiger partial charge in [-0.3, -0.25) is 0 Å². The van der Waals surface area contributed by atoms with Crippen molar-refractivity contribution in [1.82, 2.24) is 0 Å². The van der Waals surface area contributed by atoms with Gasteiger partial charge in [0.15, 0.2) is 5.69 Å². The van der Waals surface area contributed by atoms with Gasteiger partial charge in [-0.25, -0.2) is 4.85 Å². The maximum Gasteiger partial charge on any atom is 0.187 e. The Balaban J connectivity index is 1.58. The summed E-state index contributed by atoms with van der Waals surface area (Å²) in [6.45, 7) is 14.2. The van der Waals surface area contributed by atoms with Gasteiger partial charge >= 0.3 is 0 Å². The molecule has 0 bridgehead atoms. The van der Waals surface area contributed by atoms with Crippen LogP contribution in [-0.4, -0.2) is 0 Å². The predicted molar refractivity (Wildman–Crippen MR) is 159 cm³/mol. The minimum Gasteiger partial charge on any atom is -0.456 e. The summed E-state index contributed by atoms with van der Waals surface area (Å²) in [5.74, 6) is 0. The highest BCUT2D eigenvalue weighted by Gasteiger charge is 2.25. The molecule has 1 aromatic heterocycles. The molecule has 0 N–H and O–H groups in total. The van der Waals surface area contributed by atoms with Gasteiger partial charge in [0.1, 0.15) is 11.2 Å². The van der Waals surface area contributed by atoms with Gasteiger partial charge < -0.3 is 9.32 Å². The first kappa shape index (κ1) is 23.6. The molecule has 5 aromatic carbocycles. The molecule has 0 atom stereocenters. The maximum absolute atomic E-state index is 7.41. The Morgan fingerprint density at radius 1 is 0.632 bits per heavy atom. The molecule has 0 spiro atoms. The first-order valence-corrected chi connectivity index (χ1v) is 12.8. The summed E-state index contributed by atoms with van der Waals surface area (Å²) >= 11 is 0. The SMILES string of the molecule is [C-]#[N+]c1ccc(N(c2ccc3c(c2)oc2ccccc23)c2ccc(-c3ccccc3)cc2C(C)(C)C)cc1. The summed E-state index contributed by atoms with van der Waals surface area (Å²) < 4.78 is 6.26. The third kappa shape index (κ3) is 4.21. The van der Waals surface area contributed by atoms with E-state index in [1.165, 1.54) is 16.7 Å². The molecular formula is C35H28N2O. The van der Waals surface area contributed by atoms with Crippen molar-refractivity contribution in [3.8, 4) is 11.1 Å². The summed E-state index contributed by atoms with van der Waals surface area (Å²) in [6, 6.07) is 39.6. The highest BCUT2D eigenvalue weighted by molar-refractivity contribution is 6.06. The molecule has 3 nitrogen and oxygen atoms in total. The lowest BCUT2D eigenvalue weighted by Crippen LogP contribution is -2.19. The van der Waals surface area contributed by atoms with Crippen molar-refractivity contribution in [1.29, 1.82) is 0 Å². The molecule has 0 fully saturated rings. The van der Waals surface area contributed by atoms with Crippen LogP contribution in [0.2, 0.25) is 0 Å². The van der Waals surface area contributed by atoms with E-state index in [-0.39, 0.29) is 5.41 Å². The molecule has 6 rings (SSSR count). The Kier molecular flexibility index (Phi) is 5.74. The van der Waals surface area contributed by atoms with Gasteiger partial charge in [-0.15, -0.1) is 0 Å². The number of anilines is 3. The summed E-state index contributed by atoms with van der Waals surface area (Å²) in [5, 5.41) is 2.22. The van der Waals surface area contributed by atoms with Crippen LogP contribution in [0.4, 0.5) is 22.7 Å². The average molecular weight is 493 g/mol. The third-order valence-corrected chi connectivity index (χ3v) is 7.01. The number of rotatable bonds is 4. The number of fused-ring (bicyclic) bond motifs is 3. The zero-order valence-electron chi connectivity index (χ0n) is 21.8. The van der Waals surface area contributed by atoms with Crippen LogP contribution in [-0.2, 0) is 5.41 Å². The largest absolute Gasteiger partial charge is 0.456 e. The fourth-order valence-corrected chi connectivity index (χ4v) is 5.10. The molecule has 6 aromatic rings. The molecule has 0 aliphatic rings. The number of hydrogen-bond donors (Lipinski definition) is 0. The second kappa shape index (κ2) is 9.25. The summed E-state index contributed by atoms with van der Waals surface area (Å²) in [6.07, 6.45) is 0. The lowest BCUT2D eigenvalue weighted by atomic mass is 9.83. The third-order valence-electron chi connectivity index (χ3n) is 7.01. The van der Waals surface area contributed by atoms with Crippen molar-refractivity contribution >= 4 is 44.7 Å². The molecule has 0 saturated heterocycles. The normalized spacial score (nSPS) is 11.5. The average Bonchev–Trinajstić information content (AvgIpc) is 3.31. The summed E-state index contributed by atoms with van der Waals surface area (Å²) in [4.78, 5) is 5.87. The van der Waals surface area contributed by atoms with Crippen molar-refractivity contribution < 1.29 is 4.42 Å². The van der Waals surface area contributed by atoms with E-state index in [4.69, 9.17) is 11.0 Å². The van der Waals surface area contributed by atoms with Crippen LogP contribution in [0.25, 0.3) is 37.9 Å². The van der Waals surface area contributed by atoms with Crippen LogP contribution in [0, 0.1) is 6.57 Å². The molecule has 38 heavy (non-hydrogen) atoms. The van der Waals surface area contributed by atoms with Crippen LogP contribution >= 0.6 is 0 Å². The van der Waals surface area contributed by atoms with E-state index >= 15 is 0 Å². The second-order valence-electron chi connectivity index (χ2n) is 10.6. The van der Waals surface area contributed by atoms with Gasteiger partial charge in [-0.1, -0.05) is 87.5 Å². The number of benzene rings is 5. The Morgan fingerprint density at radius 2 is 1.32 bits per heavy atom. The Morgan fingerprint density at radius 3 is 2.05 bits per heavy atom. The molecule has 0 saturated carbocycles. The Hall–Kier alpha value is -4.81. The topological polar surface area (TPSA) is 20.7 Å². The van der Waals surface area contributed by atoms with Crippen LogP contribution in [0.3, 0.4) is 0 Å². The lowest BCUT2D eigenvalue weighted by molar-refractivity contribution is 0.591. The number of hydrogen-bond acceptors (Lipinski definition) is 2. The number of nitrogens with zero attached hydrogens (tertiary/aromatic N) is 2. The molecular weight excluding hydrogens is 464 g/mol. The van der Waals surface area contributed by atoms with Crippen molar-refractivity contribution in [2.75, 3.05) is 4.90 Å².